The lowest BCUT2D eigenvalue weighted by Crippen LogP contribution is -2.40. The quantitative estimate of drug-likeness (QED) is 0.827. The molecule has 144 valence electrons. The van der Waals surface area contributed by atoms with E-state index in [0.29, 0.717) is 6.54 Å². The number of halogens is 2. The Balaban J connectivity index is 0.00000169. The average Bonchev–Trinajstić information content (AvgIpc) is 2.98. The van der Waals surface area contributed by atoms with Gasteiger partial charge in [-0.2, -0.15) is 4.37 Å². The van der Waals surface area contributed by atoms with E-state index >= 15 is 0 Å². The summed E-state index contributed by atoms with van der Waals surface area (Å²) in [6.45, 7) is 5.11. The number of hydrogen-bond acceptors (Lipinski definition) is 6. The van der Waals surface area contributed by atoms with Crippen molar-refractivity contribution in [2.24, 2.45) is 5.73 Å². The van der Waals surface area contributed by atoms with Crippen molar-refractivity contribution in [3.05, 3.63) is 41.7 Å². The maximum absolute atomic E-state index is 12.7. The van der Waals surface area contributed by atoms with E-state index in [0.717, 1.165) is 49.0 Å². The van der Waals surface area contributed by atoms with Gasteiger partial charge in [0, 0.05) is 44.1 Å². The molecule has 2 heterocycles. The highest BCUT2D eigenvalue weighted by atomic mass is 35.5. The van der Waals surface area contributed by atoms with Crippen molar-refractivity contribution in [3.63, 3.8) is 0 Å². The molecule has 6 nitrogen and oxygen atoms in total. The molecule has 1 unspecified atom stereocenters. The number of nitrogens with zero attached hydrogens (tertiary/aromatic N) is 4. The molecule has 3 rings (SSSR count). The summed E-state index contributed by atoms with van der Waals surface area (Å²) in [5, 5.41) is 0.952. The Bertz CT molecular complexity index is 685. The van der Waals surface area contributed by atoms with Crippen molar-refractivity contribution >= 4 is 47.4 Å². The van der Waals surface area contributed by atoms with E-state index in [1.165, 1.54) is 11.5 Å². The molecule has 9 heteroatoms. The second-order valence-corrected chi connectivity index (χ2v) is 6.63. The maximum atomic E-state index is 12.7. The summed E-state index contributed by atoms with van der Waals surface area (Å²) >= 11 is 1.44. The number of aromatic nitrogens is 2. The first-order valence-corrected chi connectivity index (χ1v) is 9.13. The van der Waals surface area contributed by atoms with Crippen LogP contribution < -0.4 is 10.6 Å². The normalized spacial score (nSPS) is 15.5. The molecular formula is C17H25Cl2N5OS. The molecule has 0 bridgehead atoms. The second-order valence-electron chi connectivity index (χ2n) is 5.90. The summed E-state index contributed by atoms with van der Waals surface area (Å²) in [6, 6.07) is 8.96. The molecular weight excluding hydrogens is 393 g/mol. The van der Waals surface area contributed by atoms with E-state index in [2.05, 4.69) is 21.2 Å². The van der Waals surface area contributed by atoms with Crippen LogP contribution >= 0.6 is 36.3 Å². The third-order valence-corrected chi connectivity index (χ3v) is 5.09. The van der Waals surface area contributed by atoms with Crippen LogP contribution in [0.2, 0.25) is 0 Å². The largest absolute Gasteiger partial charge is 0.345 e. The number of anilines is 1. The number of carbonyl (C=O) groups is 1. The van der Waals surface area contributed by atoms with Gasteiger partial charge >= 0.3 is 0 Å². The fourth-order valence-electron chi connectivity index (χ4n) is 2.85. The summed E-state index contributed by atoms with van der Waals surface area (Å²) in [7, 11) is 0. The Morgan fingerprint density at radius 3 is 2.58 bits per heavy atom. The lowest BCUT2D eigenvalue weighted by Gasteiger charge is -2.24. The van der Waals surface area contributed by atoms with E-state index in [1.54, 1.807) is 0 Å². The van der Waals surface area contributed by atoms with Gasteiger partial charge in [0.2, 0.25) is 11.0 Å². The molecule has 0 radical (unpaired) electrons. The first-order chi connectivity index (χ1) is 11.7. The molecule has 1 atom stereocenters. The fraction of sp³-hybridized carbons (Fsp3) is 0.471. The predicted molar refractivity (Wildman–Crippen MR) is 111 cm³/mol. The smallest absolute Gasteiger partial charge is 0.244 e. The van der Waals surface area contributed by atoms with Gasteiger partial charge in [0.25, 0.3) is 0 Å². The molecule has 1 saturated heterocycles. The van der Waals surface area contributed by atoms with Crippen LogP contribution in [0.15, 0.2) is 30.3 Å². The number of aryl methyl sites for hydroxylation is 1. The standard InChI is InChI=1S/C17H23N5OS.2ClH/c1-2-14-19-17(24-20-14)22-10-6-9-21(11-12-22)16(23)15(18)13-7-4-3-5-8-13;;/h3-5,7-8,15H,2,6,9-12,18H2,1H3;2*1H. The maximum Gasteiger partial charge on any atom is 0.244 e. The van der Waals surface area contributed by atoms with Crippen molar-refractivity contribution < 1.29 is 4.79 Å². The van der Waals surface area contributed by atoms with E-state index in [1.807, 2.05) is 35.2 Å². The van der Waals surface area contributed by atoms with Crippen LogP contribution in [0.4, 0.5) is 5.13 Å². The molecule has 0 spiro atoms. The summed E-state index contributed by atoms with van der Waals surface area (Å²) in [5.74, 6) is 0.882. The monoisotopic (exact) mass is 417 g/mol. The predicted octanol–water partition coefficient (Wildman–Crippen LogP) is 2.68. The number of rotatable bonds is 4. The van der Waals surface area contributed by atoms with E-state index in [-0.39, 0.29) is 30.7 Å². The van der Waals surface area contributed by atoms with Crippen molar-refractivity contribution in [1.82, 2.24) is 14.3 Å². The fourth-order valence-corrected chi connectivity index (χ4v) is 3.65. The Morgan fingerprint density at radius 2 is 1.92 bits per heavy atom. The van der Waals surface area contributed by atoms with Crippen molar-refractivity contribution in [3.8, 4) is 0 Å². The third-order valence-electron chi connectivity index (χ3n) is 4.28. The van der Waals surface area contributed by atoms with Crippen LogP contribution in [-0.2, 0) is 11.2 Å². The van der Waals surface area contributed by atoms with E-state index < -0.39 is 6.04 Å². The van der Waals surface area contributed by atoms with E-state index in [4.69, 9.17) is 5.73 Å². The lowest BCUT2D eigenvalue weighted by molar-refractivity contribution is -0.132. The van der Waals surface area contributed by atoms with Gasteiger partial charge in [-0.05, 0) is 12.0 Å². The first-order valence-electron chi connectivity index (χ1n) is 8.36. The molecule has 1 aliphatic heterocycles. The second kappa shape index (κ2) is 10.7. The minimum Gasteiger partial charge on any atom is -0.345 e. The summed E-state index contributed by atoms with van der Waals surface area (Å²) in [5.41, 5.74) is 7.02. The Hall–Kier alpha value is -1.41. The van der Waals surface area contributed by atoms with Gasteiger partial charge in [0.1, 0.15) is 11.9 Å². The molecule has 2 aromatic rings. The Kier molecular flexibility index (Phi) is 9.29. The van der Waals surface area contributed by atoms with Crippen LogP contribution in [-0.4, -0.2) is 46.3 Å². The molecule has 1 aromatic carbocycles. The minimum atomic E-state index is -0.592. The number of hydrogen-bond donors (Lipinski definition) is 1. The summed E-state index contributed by atoms with van der Waals surface area (Å²) in [4.78, 5) is 21.3. The van der Waals surface area contributed by atoms with Gasteiger partial charge < -0.3 is 15.5 Å². The molecule has 0 saturated carbocycles. The molecule has 2 N–H and O–H groups in total. The van der Waals surface area contributed by atoms with Crippen LogP contribution in [0, 0.1) is 0 Å². The van der Waals surface area contributed by atoms with Gasteiger partial charge in [-0.15, -0.1) is 24.8 Å². The SMILES string of the molecule is CCc1nsc(N2CCCN(C(=O)C(N)c3ccccc3)CC2)n1.Cl.Cl. The third kappa shape index (κ3) is 5.30. The lowest BCUT2D eigenvalue weighted by atomic mass is 10.1. The average molecular weight is 418 g/mol. The van der Waals surface area contributed by atoms with E-state index in [9.17, 15) is 4.79 Å². The van der Waals surface area contributed by atoms with Gasteiger partial charge in [0.05, 0.1) is 0 Å². The highest BCUT2D eigenvalue weighted by molar-refractivity contribution is 7.09. The zero-order valence-corrected chi connectivity index (χ0v) is 17.2. The number of nitrogens with two attached hydrogens (primary N) is 1. The Morgan fingerprint density at radius 1 is 1.19 bits per heavy atom. The van der Waals surface area contributed by atoms with Gasteiger partial charge in [-0.1, -0.05) is 37.3 Å². The van der Waals surface area contributed by atoms with Crippen molar-refractivity contribution in [1.29, 1.82) is 0 Å². The van der Waals surface area contributed by atoms with Crippen molar-refractivity contribution in [2.75, 3.05) is 31.1 Å². The van der Waals surface area contributed by atoms with Crippen LogP contribution in [0.5, 0.6) is 0 Å². The topological polar surface area (TPSA) is 75.4 Å². The first kappa shape index (κ1) is 22.6. The van der Waals surface area contributed by atoms with Gasteiger partial charge in [0.15, 0.2) is 0 Å². The molecule has 26 heavy (non-hydrogen) atoms. The summed E-state index contributed by atoms with van der Waals surface area (Å²) in [6.07, 6.45) is 1.76. The minimum absolute atomic E-state index is 0. The van der Waals surface area contributed by atoms with Crippen LogP contribution in [0.3, 0.4) is 0 Å². The molecule has 1 aliphatic rings. The van der Waals surface area contributed by atoms with Crippen molar-refractivity contribution in [2.45, 2.75) is 25.8 Å². The van der Waals surface area contributed by atoms with Gasteiger partial charge in [-0.25, -0.2) is 4.98 Å². The summed E-state index contributed by atoms with van der Waals surface area (Å²) < 4.78 is 4.35. The highest BCUT2D eigenvalue weighted by Gasteiger charge is 2.25. The Labute approximate surface area is 170 Å². The van der Waals surface area contributed by atoms with Gasteiger partial charge in [-0.3, -0.25) is 4.79 Å². The zero-order valence-electron chi connectivity index (χ0n) is 14.7. The molecule has 0 aliphatic carbocycles. The number of carbonyl (C=O) groups excluding carboxylic acids is 1. The highest BCUT2D eigenvalue weighted by Crippen LogP contribution is 2.20. The molecule has 1 fully saturated rings. The molecule has 1 aromatic heterocycles. The van der Waals surface area contributed by atoms with Crippen LogP contribution in [0.25, 0.3) is 0 Å². The number of amides is 1. The number of benzene rings is 1. The zero-order chi connectivity index (χ0) is 16.9. The molecule has 1 amide bonds. The van der Waals surface area contributed by atoms with Crippen LogP contribution in [0.1, 0.15) is 30.8 Å².